The van der Waals surface area contributed by atoms with Crippen molar-refractivity contribution in [2.75, 3.05) is 26.2 Å². The van der Waals surface area contributed by atoms with Gasteiger partial charge in [-0.2, -0.15) is 13.2 Å². The molecule has 8 fully saturated rings. The fraction of sp³-hybridized carbons (Fsp3) is 0.606. The number of hydrogen-bond acceptors (Lipinski definition) is 12. The number of piperidine rings is 2. The molecule has 4 aromatic carbocycles. The molecule has 4 aliphatic heterocycles. The third-order valence-corrected chi connectivity index (χ3v) is 30.7. The van der Waals surface area contributed by atoms with Crippen LogP contribution in [-0.4, -0.2) is 141 Å². The Bertz CT molecular complexity index is 4230. The lowest BCUT2D eigenvalue weighted by Crippen LogP contribution is -2.52. The molecule has 590 valence electrons. The van der Waals surface area contributed by atoms with Crippen LogP contribution in [0.15, 0.2) is 155 Å². The van der Waals surface area contributed by atoms with Crippen molar-refractivity contribution in [3.05, 3.63) is 188 Å². The van der Waals surface area contributed by atoms with Gasteiger partial charge in [0.1, 0.15) is 5.78 Å². The number of nitrogens with zero attached hydrogens (tertiary/aromatic N) is 2. The highest BCUT2D eigenvalue weighted by molar-refractivity contribution is 6.09. The molecule has 0 aromatic heterocycles. The number of likely N-dealkylation sites (tertiary alicyclic amines) is 2. The molecule has 12 aliphatic rings. The molecule has 22 atom stereocenters. The van der Waals surface area contributed by atoms with Gasteiger partial charge >= 0.3 is 12.1 Å². The quantitative estimate of drug-likeness (QED) is 0.0514. The number of nitrogens with two attached hydrogens (primary N) is 1. The number of ketones is 4. The van der Waals surface area contributed by atoms with Gasteiger partial charge in [-0.3, -0.25) is 33.8 Å². The Morgan fingerprint density at radius 1 is 0.555 bits per heavy atom. The minimum absolute atomic E-state index is 0.00244. The van der Waals surface area contributed by atoms with Crippen LogP contribution in [0.2, 0.25) is 0 Å². The SMILES string of the molecule is CC1=C2C[C@H]3[C@@H](CC=C4C[C@@H](O)CC[C@@]43C)[C@@H]2CC[C@]12O[C@@H]1C[C@H](C)CN(CCCC(=O)[C@@H](N)Cc3ccc(C(=O)c4ccccc4)cc3)[C@H]1C2C.CC1=C2C[C@H]3[C@@H](CC=C4C[C@@H](O)CC[C@@]43C)[C@@H]2CC[C@]12O[C@@H]1C[C@H](C)CN(CCCC(=O)[C@H](Cc3ccc(C(=O)c4ccccc4)cc3)NC(=O)C(F)(F)F)[C@H]1C2C. The summed E-state index contributed by atoms with van der Waals surface area (Å²) in [5.41, 5.74) is 19.4. The number of nitrogens with one attached hydrogen (secondary N) is 1. The van der Waals surface area contributed by atoms with E-state index in [2.05, 4.69) is 77.3 Å². The van der Waals surface area contributed by atoms with Gasteiger partial charge in [0.05, 0.1) is 47.7 Å². The van der Waals surface area contributed by atoms with Crippen LogP contribution in [0.5, 0.6) is 0 Å². The van der Waals surface area contributed by atoms with Gasteiger partial charge in [-0.15, -0.1) is 0 Å². The Morgan fingerprint density at radius 2 is 0.964 bits per heavy atom. The van der Waals surface area contributed by atoms with E-state index in [1.807, 2.05) is 66.0 Å². The highest BCUT2D eigenvalue weighted by Gasteiger charge is 2.64. The number of amides is 1. The van der Waals surface area contributed by atoms with Crippen molar-refractivity contribution in [1.82, 2.24) is 15.1 Å². The van der Waals surface area contributed by atoms with Crippen LogP contribution < -0.4 is 11.1 Å². The fourth-order valence-corrected chi connectivity index (χ4v) is 24.9. The van der Waals surface area contributed by atoms with Crippen LogP contribution in [0.1, 0.15) is 227 Å². The van der Waals surface area contributed by atoms with Crippen LogP contribution in [0.4, 0.5) is 13.2 Å². The number of carbonyl (C=O) groups is 5. The Hall–Kier alpha value is -6.50. The summed E-state index contributed by atoms with van der Waals surface area (Å²) in [5, 5.41) is 22.9. The summed E-state index contributed by atoms with van der Waals surface area (Å²) in [6.45, 7) is 22.6. The lowest BCUT2D eigenvalue weighted by atomic mass is 9.56. The number of allylic oxidation sites excluding steroid dienone is 4. The molecule has 2 unspecified atom stereocenters. The summed E-state index contributed by atoms with van der Waals surface area (Å²) in [6, 6.07) is 30.7. The molecule has 8 aliphatic carbocycles. The number of hydrogen-bond donors (Lipinski definition) is 4. The predicted molar refractivity (Wildman–Crippen MR) is 422 cm³/mol. The van der Waals surface area contributed by atoms with E-state index in [1.165, 1.54) is 36.0 Å². The molecule has 16 heteroatoms. The predicted octanol–water partition coefficient (Wildman–Crippen LogP) is 16.4. The van der Waals surface area contributed by atoms with E-state index in [9.17, 15) is 47.4 Å². The van der Waals surface area contributed by atoms with Crippen LogP contribution in [0.3, 0.4) is 0 Å². The molecule has 4 aromatic rings. The zero-order valence-corrected chi connectivity index (χ0v) is 66.2. The third kappa shape index (κ3) is 14.8. The van der Waals surface area contributed by atoms with Crippen molar-refractivity contribution in [2.24, 2.45) is 75.7 Å². The van der Waals surface area contributed by atoms with Gasteiger partial charge in [0.15, 0.2) is 17.3 Å². The fourth-order valence-electron chi connectivity index (χ4n) is 24.9. The second-order valence-electron chi connectivity index (χ2n) is 36.9. The summed E-state index contributed by atoms with van der Waals surface area (Å²) < 4.78 is 55.0. The van der Waals surface area contributed by atoms with Crippen LogP contribution in [-0.2, 0) is 36.7 Å². The van der Waals surface area contributed by atoms with Gasteiger partial charge < -0.3 is 30.7 Å². The Morgan fingerprint density at radius 3 is 1.39 bits per heavy atom. The standard InChI is InChI=1S/C48H59F3N2O5.C46H60N2O4/c1-28-23-42-43(30(3)47(58-42)21-19-36-37-17-16-34-25-35(54)18-20-46(34,4)39(37)26-38(36)29(47)2)53(27-28)22-8-11-41(55)40(52-45(57)48(49,50)51)24-31-12-14-33(15-13-31)44(56)32-9-6-5-7-10-32;1-28-23-42-43(48(27-28)22-8-11-41(50)40(47)24-31-12-14-33(15-13-31)44(51)32-9-6-5-7-10-32)30(3)46(52-42)21-19-36-37-17-16-34-25-35(49)18-20-45(34,4)39(37)26-38(36)29(46)2/h5-7,9-10,12-16,28,30,35-37,39-40,42-43,54H,8,11,17-27H2,1-4H3,(H,52,57);5-7,9-10,12-16,28,30,35-37,39-40,42-43,49H,8,11,17-27,47H2,1-4H3/t28-,30?,35-,36-,37-,39-,40-,42+,43-,46-,47-;28-,30?,35-,36-,37-,39-,40-,42+,43-,45-,46-/m00/s1. The van der Waals surface area contributed by atoms with Gasteiger partial charge in [0.25, 0.3) is 0 Å². The largest absolute Gasteiger partial charge is 0.471 e. The lowest BCUT2D eigenvalue weighted by Gasteiger charge is -2.49. The molecule has 0 radical (unpaired) electrons. The summed E-state index contributed by atoms with van der Waals surface area (Å²) in [7, 11) is 0. The number of alkyl halides is 3. The second-order valence-corrected chi connectivity index (χ2v) is 36.9. The monoisotopic (exact) mass is 1500 g/mol. The van der Waals surface area contributed by atoms with Gasteiger partial charge in [-0.1, -0.05) is 185 Å². The molecule has 0 bridgehead atoms. The minimum atomic E-state index is -5.13. The van der Waals surface area contributed by atoms with E-state index in [4.69, 9.17) is 15.2 Å². The molecule has 4 saturated carbocycles. The number of Topliss-reactive ketones (excluding diaryl/α,β-unsaturated/α-hetero) is 2. The summed E-state index contributed by atoms with van der Waals surface area (Å²) >= 11 is 0. The Kier molecular flexibility index (Phi) is 22.5. The average Bonchev–Trinajstić information content (AvgIpc) is 1.55. The molecule has 16 rings (SSSR count). The molecule has 13 nitrogen and oxygen atoms in total. The number of aliphatic hydroxyl groups excluding tert-OH is 2. The smallest absolute Gasteiger partial charge is 0.393 e. The van der Waals surface area contributed by atoms with Crippen molar-refractivity contribution in [3.63, 3.8) is 0 Å². The van der Waals surface area contributed by atoms with Gasteiger partial charge in [-0.05, 0) is 236 Å². The van der Waals surface area contributed by atoms with E-state index in [-0.39, 0.29) is 88.6 Å². The zero-order valence-electron chi connectivity index (χ0n) is 66.2. The van der Waals surface area contributed by atoms with Crippen molar-refractivity contribution in [3.8, 4) is 0 Å². The first kappa shape index (κ1) is 78.8. The van der Waals surface area contributed by atoms with Crippen molar-refractivity contribution >= 4 is 29.0 Å². The van der Waals surface area contributed by atoms with Crippen molar-refractivity contribution in [1.29, 1.82) is 0 Å². The van der Waals surface area contributed by atoms with Crippen LogP contribution in [0.25, 0.3) is 0 Å². The normalized spacial score (nSPS) is 36.2. The van der Waals surface area contributed by atoms with Gasteiger partial charge in [-0.25, -0.2) is 0 Å². The second kappa shape index (κ2) is 31.4. The first-order valence-electron chi connectivity index (χ1n) is 42.1. The van der Waals surface area contributed by atoms with Gasteiger partial charge in [0.2, 0.25) is 0 Å². The maximum absolute atomic E-state index is 13.7. The molecule has 4 saturated heterocycles. The molecule has 110 heavy (non-hydrogen) atoms. The average molecular weight is 1510 g/mol. The molecule has 1 amide bonds. The summed E-state index contributed by atoms with van der Waals surface area (Å²) in [6.07, 6.45) is 18.7. The van der Waals surface area contributed by atoms with Crippen LogP contribution in [0, 0.1) is 70.0 Å². The van der Waals surface area contributed by atoms with E-state index >= 15 is 0 Å². The molecule has 2 spiro atoms. The van der Waals surface area contributed by atoms with Crippen molar-refractivity contribution in [2.45, 2.75) is 263 Å². The minimum Gasteiger partial charge on any atom is -0.393 e. The van der Waals surface area contributed by atoms with Gasteiger partial charge in [0, 0.05) is 72.1 Å². The Balaban J connectivity index is 0.000000176. The molecular formula is C94H119F3N4O9. The maximum Gasteiger partial charge on any atom is 0.471 e. The van der Waals surface area contributed by atoms with Crippen LogP contribution >= 0.6 is 0 Å². The van der Waals surface area contributed by atoms with E-state index in [0.717, 1.165) is 121 Å². The first-order chi connectivity index (χ1) is 52.6. The number of rotatable bonds is 19. The number of aliphatic hydroxyl groups is 2. The molecule has 5 N–H and O–H groups in total. The highest BCUT2D eigenvalue weighted by atomic mass is 19.4. The summed E-state index contributed by atoms with van der Waals surface area (Å²) in [4.78, 5) is 69.9. The third-order valence-electron chi connectivity index (χ3n) is 30.7. The maximum atomic E-state index is 13.7. The van der Waals surface area contributed by atoms with E-state index in [1.54, 1.807) is 65.3 Å². The zero-order chi connectivity index (χ0) is 77.5. The number of ether oxygens (including phenoxy) is 2. The number of fused-ring (bicyclic) bond motifs is 12. The van der Waals surface area contributed by atoms with E-state index in [0.29, 0.717) is 107 Å². The van der Waals surface area contributed by atoms with E-state index < -0.39 is 30.0 Å². The topological polar surface area (TPSA) is 189 Å². The lowest BCUT2D eigenvalue weighted by molar-refractivity contribution is -0.174. The number of carbonyl (C=O) groups excluding carboxylic acids is 5. The summed E-state index contributed by atoms with van der Waals surface area (Å²) in [5.74, 6) is 2.85. The molecule has 4 heterocycles. The molecular weight excluding hydrogens is 1390 g/mol. The Labute approximate surface area is 650 Å². The highest BCUT2D eigenvalue weighted by Crippen LogP contribution is 2.68. The van der Waals surface area contributed by atoms with Crippen molar-refractivity contribution < 1.29 is 56.8 Å². The number of benzene rings is 4. The first-order valence-corrected chi connectivity index (χ1v) is 42.1. The number of halogens is 3.